The van der Waals surface area contributed by atoms with Crippen LogP contribution < -0.4 is 10.6 Å². The number of halogens is 1. The van der Waals surface area contributed by atoms with Crippen LogP contribution in [0.15, 0.2) is 48.5 Å². The van der Waals surface area contributed by atoms with Crippen LogP contribution in [0.25, 0.3) is 0 Å². The second-order valence-electron chi connectivity index (χ2n) is 4.96. The first kappa shape index (κ1) is 16.0. The van der Waals surface area contributed by atoms with Crippen molar-refractivity contribution in [2.24, 2.45) is 0 Å². The molecule has 0 unspecified atom stereocenters. The van der Waals surface area contributed by atoms with Crippen molar-refractivity contribution in [2.45, 2.75) is 13.5 Å². The summed E-state index contributed by atoms with van der Waals surface area (Å²) < 4.78 is 0. The van der Waals surface area contributed by atoms with Gasteiger partial charge >= 0.3 is 0 Å². The molecule has 0 fully saturated rings. The Bertz CT molecular complexity index is 669. The molecule has 4 nitrogen and oxygen atoms in total. The molecule has 0 spiro atoms. The number of hydrogen-bond acceptors (Lipinski definition) is 2. The summed E-state index contributed by atoms with van der Waals surface area (Å²) >= 11 is 5.79. The van der Waals surface area contributed by atoms with Crippen LogP contribution in [0.3, 0.4) is 0 Å². The summed E-state index contributed by atoms with van der Waals surface area (Å²) in [5, 5.41) is 5.99. The molecule has 2 N–H and O–H groups in total. The number of amides is 2. The lowest BCUT2D eigenvalue weighted by molar-refractivity contribution is -0.120. The Hall–Kier alpha value is -2.33. The lowest BCUT2D eigenvalue weighted by Crippen LogP contribution is -2.36. The van der Waals surface area contributed by atoms with E-state index in [1.165, 1.54) is 0 Å². The van der Waals surface area contributed by atoms with Crippen molar-refractivity contribution in [3.05, 3.63) is 70.2 Å². The lowest BCUT2D eigenvalue weighted by atomic mass is 10.1. The SMILES string of the molecule is Cc1cccc(C(=O)NCC(=O)NCc2ccc(Cl)cc2)c1. The Morgan fingerprint density at radius 2 is 1.77 bits per heavy atom. The maximum Gasteiger partial charge on any atom is 0.251 e. The zero-order chi connectivity index (χ0) is 15.9. The number of benzene rings is 2. The van der Waals surface area contributed by atoms with Gasteiger partial charge in [-0.05, 0) is 36.8 Å². The molecule has 2 aromatic carbocycles. The second-order valence-corrected chi connectivity index (χ2v) is 5.39. The zero-order valence-electron chi connectivity index (χ0n) is 12.2. The van der Waals surface area contributed by atoms with Crippen molar-refractivity contribution in [1.82, 2.24) is 10.6 Å². The molecule has 0 aromatic heterocycles. The molecule has 2 aromatic rings. The Balaban J connectivity index is 1.78. The number of aryl methyl sites for hydroxylation is 1. The summed E-state index contributed by atoms with van der Waals surface area (Å²) in [6.07, 6.45) is 0. The van der Waals surface area contributed by atoms with Crippen LogP contribution in [0.4, 0.5) is 0 Å². The average Bonchev–Trinajstić information content (AvgIpc) is 2.52. The van der Waals surface area contributed by atoms with Gasteiger partial charge in [-0.1, -0.05) is 41.4 Å². The number of nitrogens with one attached hydrogen (secondary N) is 2. The van der Waals surface area contributed by atoms with Gasteiger partial charge in [0.1, 0.15) is 0 Å². The highest BCUT2D eigenvalue weighted by Crippen LogP contribution is 2.09. The van der Waals surface area contributed by atoms with Crippen molar-refractivity contribution in [2.75, 3.05) is 6.54 Å². The van der Waals surface area contributed by atoms with Gasteiger partial charge in [-0.3, -0.25) is 9.59 Å². The van der Waals surface area contributed by atoms with Crippen LogP contribution >= 0.6 is 11.6 Å². The molecule has 22 heavy (non-hydrogen) atoms. The molecule has 2 rings (SSSR count). The maximum atomic E-state index is 11.9. The van der Waals surface area contributed by atoms with Crippen LogP contribution in [0.2, 0.25) is 5.02 Å². The van der Waals surface area contributed by atoms with E-state index >= 15 is 0 Å². The minimum absolute atomic E-state index is 0.0552. The summed E-state index contributed by atoms with van der Waals surface area (Å²) in [5.74, 6) is -0.499. The molecule has 0 aliphatic rings. The number of carbonyl (C=O) groups is 2. The van der Waals surface area contributed by atoms with Gasteiger partial charge in [-0.15, -0.1) is 0 Å². The van der Waals surface area contributed by atoms with Gasteiger partial charge < -0.3 is 10.6 Å². The van der Waals surface area contributed by atoms with Gasteiger partial charge in [0.2, 0.25) is 5.91 Å². The summed E-state index contributed by atoms with van der Waals surface area (Å²) in [4.78, 5) is 23.6. The van der Waals surface area contributed by atoms with Gasteiger partial charge in [0.25, 0.3) is 5.91 Å². The van der Waals surface area contributed by atoms with E-state index in [9.17, 15) is 9.59 Å². The van der Waals surface area contributed by atoms with Crippen molar-refractivity contribution < 1.29 is 9.59 Å². The Labute approximate surface area is 134 Å². The van der Waals surface area contributed by atoms with Crippen molar-refractivity contribution >= 4 is 23.4 Å². The third kappa shape index (κ3) is 4.90. The van der Waals surface area contributed by atoms with E-state index in [0.29, 0.717) is 17.1 Å². The highest BCUT2D eigenvalue weighted by molar-refractivity contribution is 6.30. The standard InChI is InChI=1S/C17H17ClN2O2/c1-12-3-2-4-14(9-12)17(22)20-11-16(21)19-10-13-5-7-15(18)8-6-13/h2-9H,10-11H2,1H3,(H,19,21)(H,20,22). The molecular weight excluding hydrogens is 300 g/mol. The van der Waals surface area contributed by atoms with Crippen LogP contribution in [-0.2, 0) is 11.3 Å². The molecular formula is C17H17ClN2O2. The molecule has 5 heteroatoms. The maximum absolute atomic E-state index is 11.9. The molecule has 0 saturated heterocycles. The monoisotopic (exact) mass is 316 g/mol. The van der Waals surface area contributed by atoms with Crippen LogP contribution in [0.5, 0.6) is 0 Å². The first-order valence-electron chi connectivity index (χ1n) is 6.90. The third-order valence-corrected chi connectivity index (χ3v) is 3.34. The van der Waals surface area contributed by atoms with Gasteiger partial charge in [0.15, 0.2) is 0 Å². The van der Waals surface area contributed by atoms with E-state index in [2.05, 4.69) is 10.6 Å². The Kier molecular flexibility index (Phi) is 5.55. The summed E-state index contributed by atoms with van der Waals surface area (Å²) in [6.45, 7) is 2.26. The smallest absolute Gasteiger partial charge is 0.251 e. The fraction of sp³-hybridized carbons (Fsp3) is 0.176. The highest BCUT2D eigenvalue weighted by atomic mass is 35.5. The second kappa shape index (κ2) is 7.61. The Morgan fingerprint density at radius 3 is 2.45 bits per heavy atom. The summed E-state index contributed by atoms with van der Waals surface area (Å²) in [5.41, 5.74) is 2.49. The molecule has 2 amide bonds. The van der Waals surface area contributed by atoms with Gasteiger partial charge in [-0.25, -0.2) is 0 Å². The van der Waals surface area contributed by atoms with Gasteiger partial charge in [-0.2, -0.15) is 0 Å². The molecule has 0 heterocycles. The molecule has 0 saturated carbocycles. The molecule has 114 valence electrons. The lowest BCUT2D eigenvalue weighted by Gasteiger charge is -2.07. The van der Waals surface area contributed by atoms with E-state index in [4.69, 9.17) is 11.6 Å². The van der Waals surface area contributed by atoms with E-state index < -0.39 is 0 Å². The zero-order valence-corrected chi connectivity index (χ0v) is 13.0. The number of hydrogen-bond donors (Lipinski definition) is 2. The van der Waals surface area contributed by atoms with Crippen LogP contribution in [-0.4, -0.2) is 18.4 Å². The Morgan fingerprint density at radius 1 is 1.05 bits per heavy atom. The molecule has 0 atom stereocenters. The topological polar surface area (TPSA) is 58.2 Å². The van der Waals surface area contributed by atoms with E-state index in [1.807, 2.05) is 31.2 Å². The normalized spacial score (nSPS) is 10.1. The van der Waals surface area contributed by atoms with E-state index in [0.717, 1.165) is 11.1 Å². The van der Waals surface area contributed by atoms with E-state index in [-0.39, 0.29) is 18.4 Å². The van der Waals surface area contributed by atoms with Crippen molar-refractivity contribution in [1.29, 1.82) is 0 Å². The average molecular weight is 317 g/mol. The van der Waals surface area contributed by atoms with Crippen LogP contribution in [0, 0.1) is 6.92 Å². The van der Waals surface area contributed by atoms with E-state index in [1.54, 1.807) is 24.3 Å². The summed E-state index contributed by atoms with van der Waals surface area (Å²) in [6, 6.07) is 14.4. The molecule has 0 aliphatic heterocycles. The van der Waals surface area contributed by atoms with Gasteiger partial charge in [0, 0.05) is 17.1 Å². The fourth-order valence-electron chi connectivity index (χ4n) is 1.91. The third-order valence-electron chi connectivity index (χ3n) is 3.09. The summed E-state index contributed by atoms with van der Waals surface area (Å²) in [7, 11) is 0. The molecule has 0 bridgehead atoms. The first-order valence-corrected chi connectivity index (χ1v) is 7.28. The van der Waals surface area contributed by atoms with Crippen LogP contribution in [0.1, 0.15) is 21.5 Å². The predicted molar refractivity (Wildman–Crippen MR) is 86.8 cm³/mol. The minimum Gasteiger partial charge on any atom is -0.350 e. The fourth-order valence-corrected chi connectivity index (χ4v) is 2.04. The number of rotatable bonds is 5. The van der Waals surface area contributed by atoms with Crippen molar-refractivity contribution in [3.63, 3.8) is 0 Å². The quantitative estimate of drug-likeness (QED) is 0.891. The molecule has 0 radical (unpaired) electrons. The van der Waals surface area contributed by atoms with Crippen molar-refractivity contribution in [3.8, 4) is 0 Å². The predicted octanol–water partition coefficient (Wildman–Crippen LogP) is 2.69. The minimum atomic E-state index is -0.259. The number of carbonyl (C=O) groups excluding carboxylic acids is 2. The highest BCUT2D eigenvalue weighted by Gasteiger charge is 2.07. The first-order chi connectivity index (χ1) is 10.5. The van der Waals surface area contributed by atoms with Gasteiger partial charge in [0.05, 0.1) is 6.54 Å². The molecule has 0 aliphatic carbocycles. The largest absolute Gasteiger partial charge is 0.350 e.